The Balaban J connectivity index is 2.14. The third-order valence-corrected chi connectivity index (χ3v) is 4.05. The molecule has 1 fully saturated rings. The van der Waals surface area contributed by atoms with Crippen molar-refractivity contribution in [3.63, 3.8) is 0 Å². The van der Waals surface area contributed by atoms with Crippen molar-refractivity contribution in [2.24, 2.45) is 0 Å². The molecule has 1 heterocycles. The predicted molar refractivity (Wildman–Crippen MR) is 74.1 cm³/mol. The van der Waals surface area contributed by atoms with Gasteiger partial charge in [-0.15, -0.1) is 0 Å². The van der Waals surface area contributed by atoms with Crippen LogP contribution in [0.1, 0.15) is 18.4 Å². The fraction of sp³-hybridized carbons (Fsp3) is 0.500. The molecule has 0 amide bonds. The molecule has 0 N–H and O–H groups in total. The van der Waals surface area contributed by atoms with Crippen LogP contribution < -0.4 is 4.74 Å². The van der Waals surface area contributed by atoms with Crippen LogP contribution in [0, 0.1) is 10.7 Å². The number of halogens is 3. The van der Waals surface area contributed by atoms with Crippen molar-refractivity contribution < 1.29 is 17.9 Å². The van der Waals surface area contributed by atoms with Gasteiger partial charge in [0.05, 0.1) is 5.56 Å². The molecule has 7 heteroatoms. The Morgan fingerprint density at radius 2 is 2.19 bits per heavy atom. The van der Waals surface area contributed by atoms with E-state index in [2.05, 4.69) is 4.90 Å². The van der Waals surface area contributed by atoms with Crippen molar-refractivity contribution in [1.29, 1.82) is 5.26 Å². The molecule has 1 saturated heterocycles. The Kier molecular flexibility index (Phi) is 5.01. The Hall–Kier alpha value is -1.39. The molecule has 21 heavy (non-hydrogen) atoms. The van der Waals surface area contributed by atoms with Crippen LogP contribution in [-0.4, -0.2) is 31.1 Å². The number of thiocyanates is 1. The molecule has 2 rings (SSSR count). The summed E-state index contributed by atoms with van der Waals surface area (Å²) in [5, 5.41) is 10.4. The van der Waals surface area contributed by atoms with Crippen molar-refractivity contribution >= 4 is 11.8 Å². The summed E-state index contributed by atoms with van der Waals surface area (Å²) in [6, 6.07) is 3.64. The lowest BCUT2D eigenvalue weighted by Gasteiger charge is -2.20. The van der Waals surface area contributed by atoms with Gasteiger partial charge < -0.3 is 9.64 Å². The number of likely N-dealkylation sites (N-methyl/N-ethyl adjacent to an activating group) is 1. The quantitative estimate of drug-likeness (QED) is 0.626. The molecule has 0 bridgehead atoms. The van der Waals surface area contributed by atoms with E-state index in [1.165, 1.54) is 6.07 Å². The maximum absolute atomic E-state index is 12.8. The highest BCUT2D eigenvalue weighted by atomic mass is 32.2. The maximum atomic E-state index is 12.8. The molecule has 1 atom stereocenters. The molecular formula is C14H15F3N2OS. The molecule has 0 radical (unpaired) electrons. The predicted octanol–water partition coefficient (Wildman–Crippen LogP) is 3.75. The number of thioether (sulfide) groups is 1. The van der Waals surface area contributed by atoms with Crippen molar-refractivity contribution in [3.8, 4) is 11.2 Å². The summed E-state index contributed by atoms with van der Waals surface area (Å²) >= 11 is 0.694. The van der Waals surface area contributed by atoms with Crippen LogP contribution in [0.2, 0.25) is 0 Å². The van der Waals surface area contributed by atoms with Gasteiger partial charge >= 0.3 is 6.18 Å². The Morgan fingerprint density at radius 3 is 2.76 bits per heavy atom. The van der Waals surface area contributed by atoms with Gasteiger partial charge in [0.1, 0.15) is 17.8 Å². The average molecular weight is 316 g/mol. The second-order valence-corrected chi connectivity index (χ2v) is 5.83. The first-order valence-corrected chi connectivity index (χ1v) is 7.33. The molecule has 1 aliphatic heterocycles. The highest BCUT2D eigenvalue weighted by molar-refractivity contribution is 8.03. The number of nitriles is 1. The number of benzene rings is 1. The largest absolute Gasteiger partial charge is 0.492 e. The Labute approximate surface area is 125 Å². The minimum absolute atomic E-state index is 0.155. The Morgan fingerprint density at radius 1 is 1.43 bits per heavy atom. The van der Waals surface area contributed by atoms with Gasteiger partial charge in [0.15, 0.2) is 0 Å². The highest BCUT2D eigenvalue weighted by Crippen LogP contribution is 2.35. The second-order valence-electron chi connectivity index (χ2n) is 4.97. The van der Waals surface area contributed by atoms with E-state index >= 15 is 0 Å². The number of likely N-dealkylation sites (tertiary alicyclic amines) is 1. The van der Waals surface area contributed by atoms with Gasteiger partial charge in [-0.25, -0.2) is 0 Å². The fourth-order valence-corrected chi connectivity index (χ4v) is 2.78. The van der Waals surface area contributed by atoms with Gasteiger partial charge in [0.2, 0.25) is 0 Å². The number of nitrogens with zero attached hydrogens (tertiary/aromatic N) is 2. The van der Waals surface area contributed by atoms with E-state index in [4.69, 9.17) is 10.00 Å². The molecule has 0 unspecified atom stereocenters. The first-order valence-electron chi connectivity index (χ1n) is 6.51. The lowest BCUT2D eigenvalue weighted by atomic mass is 10.2. The van der Waals surface area contributed by atoms with E-state index < -0.39 is 11.7 Å². The first kappa shape index (κ1) is 16.0. The van der Waals surface area contributed by atoms with Crippen LogP contribution in [0.4, 0.5) is 13.2 Å². The lowest BCUT2D eigenvalue weighted by molar-refractivity contribution is -0.137. The van der Waals surface area contributed by atoms with Crippen molar-refractivity contribution in [1.82, 2.24) is 4.90 Å². The zero-order chi connectivity index (χ0) is 15.5. The minimum atomic E-state index is -4.45. The summed E-state index contributed by atoms with van der Waals surface area (Å²) < 4.78 is 44.0. The molecule has 0 aromatic heterocycles. The number of hydrogen-bond donors (Lipinski definition) is 0. The van der Waals surface area contributed by atoms with Crippen molar-refractivity contribution in [2.75, 3.05) is 20.2 Å². The third-order valence-electron chi connectivity index (χ3n) is 3.48. The van der Waals surface area contributed by atoms with Gasteiger partial charge in [-0.1, -0.05) is 0 Å². The van der Waals surface area contributed by atoms with E-state index in [0.29, 0.717) is 18.4 Å². The zero-order valence-electron chi connectivity index (χ0n) is 11.5. The van der Waals surface area contributed by atoms with E-state index in [0.717, 1.165) is 31.5 Å². The summed E-state index contributed by atoms with van der Waals surface area (Å²) in [5.74, 6) is 0.155. The van der Waals surface area contributed by atoms with Gasteiger partial charge in [0, 0.05) is 10.9 Å². The van der Waals surface area contributed by atoms with Crippen LogP contribution >= 0.6 is 11.8 Å². The summed E-state index contributed by atoms with van der Waals surface area (Å²) in [4.78, 5) is 2.38. The van der Waals surface area contributed by atoms with Crippen LogP contribution in [-0.2, 0) is 6.18 Å². The highest BCUT2D eigenvalue weighted by Gasteiger charge is 2.31. The van der Waals surface area contributed by atoms with Crippen LogP contribution in [0.25, 0.3) is 0 Å². The van der Waals surface area contributed by atoms with Crippen LogP contribution in [0.15, 0.2) is 23.1 Å². The third kappa shape index (κ3) is 4.29. The number of alkyl halides is 3. The number of rotatable bonds is 4. The minimum Gasteiger partial charge on any atom is -0.492 e. The van der Waals surface area contributed by atoms with E-state index in [9.17, 15) is 13.2 Å². The summed E-state index contributed by atoms with van der Waals surface area (Å²) in [6.45, 7) is 1.33. The van der Waals surface area contributed by atoms with E-state index in [1.807, 2.05) is 7.05 Å². The topological polar surface area (TPSA) is 36.3 Å². The normalized spacial score (nSPS) is 19.5. The summed E-state index contributed by atoms with van der Waals surface area (Å²) in [6.07, 6.45) is -2.40. The SMILES string of the molecule is CN1CCC[C@H]1COc1cc(SC#N)cc(C(F)(F)F)c1. The van der Waals surface area contributed by atoms with Crippen molar-refractivity contribution in [3.05, 3.63) is 23.8 Å². The molecule has 0 spiro atoms. The standard InChI is InChI=1S/C14H15F3N2OS/c1-19-4-2-3-11(19)8-20-12-5-10(14(15,16)17)6-13(7-12)21-9-18/h5-7,11H,2-4,8H2,1H3/t11-/m0/s1. The van der Waals surface area contributed by atoms with Gasteiger partial charge in [-0.05, 0) is 56.4 Å². The molecule has 114 valence electrons. The lowest BCUT2D eigenvalue weighted by Crippen LogP contribution is -2.30. The monoisotopic (exact) mass is 316 g/mol. The summed E-state index contributed by atoms with van der Waals surface area (Å²) in [5.41, 5.74) is -0.794. The molecular weight excluding hydrogens is 301 g/mol. The molecule has 0 saturated carbocycles. The fourth-order valence-electron chi connectivity index (χ4n) is 2.31. The van der Waals surface area contributed by atoms with Gasteiger partial charge in [-0.2, -0.15) is 18.4 Å². The smallest absolute Gasteiger partial charge is 0.416 e. The molecule has 1 aromatic carbocycles. The van der Waals surface area contributed by atoms with Crippen molar-refractivity contribution in [2.45, 2.75) is 30.0 Å². The number of hydrogen-bond acceptors (Lipinski definition) is 4. The average Bonchev–Trinajstić information content (AvgIpc) is 2.81. The molecule has 0 aliphatic carbocycles. The zero-order valence-corrected chi connectivity index (χ0v) is 12.3. The molecule has 3 nitrogen and oxygen atoms in total. The van der Waals surface area contributed by atoms with Crippen LogP contribution in [0.5, 0.6) is 5.75 Å². The molecule has 1 aliphatic rings. The van der Waals surface area contributed by atoms with Crippen LogP contribution in [0.3, 0.4) is 0 Å². The Bertz CT molecular complexity index is 542. The van der Waals surface area contributed by atoms with Gasteiger partial charge in [-0.3, -0.25) is 0 Å². The first-order chi connectivity index (χ1) is 9.90. The number of ether oxygens (including phenoxy) is 1. The van der Waals surface area contributed by atoms with E-state index in [1.54, 1.807) is 5.40 Å². The summed E-state index contributed by atoms with van der Waals surface area (Å²) in [7, 11) is 1.98. The van der Waals surface area contributed by atoms with Gasteiger partial charge in [0.25, 0.3) is 0 Å². The second kappa shape index (κ2) is 6.58. The van der Waals surface area contributed by atoms with E-state index in [-0.39, 0.29) is 16.7 Å². The molecule has 1 aromatic rings. The maximum Gasteiger partial charge on any atom is 0.416 e.